The summed E-state index contributed by atoms with van der Waals surface area (Å²) in [5, 5.41) is 22.6. The number of nitrogens with one attached hydrogen (secondary N) is 1. The molecular weight excluding hydrogens is 374 g/mol. The molecule has 8 heteroatoms. The van der Waals surface area contributed by atoms with Gasteiger partial charge in [-0.25, -0.2) is 0 Å². The van der Waals surface area contributed by atoms with Crippen molar-refractivity contribution in [2.24, 2.45) is 5.73 Å². The van der Waals surface area contributed by atoms with Crippen molar-refractivity contribution < 1.29 is 24.5 Å². The van der Waals surface area contributed by atoms with E-state index in [1.165, 1.54) is 0 Å². The van der Waals surface area contributed by atoms with E-state index in [-0.39, 0.29) is 12.5 Å². The number of benzene rings is 2. The summed E-state index contributed by atoms with van der Waals surface area (Å²) in [6.45, 7) is 0.619. The molecule has 2 aromatic carbocycles. The Morgan fingerprint density at radius 1 is 1.17 bits per heavy atom. The minimum atomic E-state index is -0.981. The van der Waals surface area contributed by atoms with E-state index in [9.17, 15) is 19.8 Å². The number of rotatable bonds is 5. The molecule has 0 saturated carbocycles. The molecule has 1 fully saturated rings. The van der Waals surface area contributed by atoms with Crippen LogP contribution < -0.4 is 15.8 Å². The summed E-state index contributed by atoms with van der Waals surface area (Å²) in [6.07, 6.45) is -0.768. The zero-order chi connectivity index (χ0) is 20.5. The minimum Gasteiger partial charge on any atom is -0.489 e. The van der Waals surface area contributed by atoms with Gasteiger partial charge in [0.25, 0.3) is 5.91 Å². The molecule has 0 bridgehead atoms. The summed E-state index contributed by atoms with van der Waals surface area (Å²) in [5.41, 5.74) is 7.90. The number of amides is 2. The number of hydrogen-bond acceptors (Lipinski definition) is 6. The third-order valence-corrected chi connectivity index (χ3v) is 5.45. The highest BCUT2D eigenvalue weighted by Gasteiger charge is 2.39. The van der Waals surface area contributed by atoms with Crippen molar-refractivity contribution in [3.8, 4) is 5.75 Å². The number of primary amides is 1. The molecule has 3 unspecified atom stereocenters. The van der Waals surface area contributed by atoms with Gasteiger partial charge in [-0.15, -0.1) is 0 Å². The average molecular weight is 397 g/mol. The van der Waals surface area contributed by atoms with E-state index in [0.717, 1.165) is 11.1 Å². The van der Waals surface area contributed by atoms with Crippen LogP contribution in [0.25, 0.3) is 0 Å². The molecule has 0 aromatic heterocycles. The van der Waals surface area contributed by atoms with Crippen LogP contribution in [-0.2, 0) is 13.2 Å². The van der Waals surface area contributed by atoms with Crippen molar-refractivity contribution >= 4 is 11.8 Å². The van der Waals surface area contributed by atoms with Gasteiger partial charge in [-0.05, 0) is 42.7 Å². The van der Waals surface area contributed by atoms with Crippen molar-refractivity contribution in [1.29, 1.82) is 0 Å². The van der Waals surface area contributed by atoms with Crippen LogP contribution in [0.1, 0.15) is 44.7 Å². The number of aliphatic hydroxyl groups is 2. The van der Waals surface area contributed by atoms with Crippen LogP contribution in [0.2, 0.25) is 0 Å². The van der Waals surface area contributed by atoms with Gasteiger partial charge in [-0.1, -0.05) is 18.2 Å². The first-order valence-electron chi connectivity index (χ1n) is 9.50. The second-order valence-corrected chi connectivity index (χ2v) is 7.34. The van der Waals surface area contributed by atoms with Gasteiger partial charge < -0.3 is 25.6 Å². The molecule has 4 rings (SSSR count). The van der Waals surface area contributed by atoms with Crippen LogP contribution in [0, 0.1) is 0 Å². The predicted octanol–water partition coefficient (Wildman–Crippen LogP) is 0.709. The normalized spacial score (nSPS) is 23.7. The lowest BCUT2D eigenvalue weighted by Crippen LogP contribution is -2.56. The predicted molar refractivity (Wildman–Crippen MR) is 104 cm³/mol. The molecule has 2 amide bonds. The van der Waals surface area contributed by atoms with Crippen LogP contribution in [-0.4, -0.2) is 45.4 Å². The summed E-state index contributed by atoms with van der Waals surface area (Å²) in [7, 11) is 0. The fourth-order valence-electron chi connectivity index (χ4n) is 3.86. The maximum atomic E-state index is 12.9. The maximum absolute atomic E-state index is 12.9. The lowest BCUT2D eigenvalue weighted by Gasteiger charge is -2.37. The van der Waals surface area contributed by atoms with Crippen molar-refractivity contribution in [3.05, 3.63) is 64.7 Å². The highest BCUT2D eigenvalue weighted by molar-refractivity contribution is 5.99. The molecule has 0 aliphatic carbocycles. The van der Waals surface area contributed by atoms with Gasteiger partial charge in [0, 0.05) is 16.7 Å². The van der Waals surface area contributed by atoms with E-state index in [1.807, 2.05) is 6.07 Å². The summed E-state index contributed by atoms with van der Waals surface area (Å²) < 4.78 is 5.95. The fourth-order valence-corrected chi connectivity index (χ4v) is 3.86. The van der Waals surface area contributed by atoms with Gasteiger partial charge in [0.2, 0.25) is 5.91 Å². The van der Waals surface area contributed by atoms with E-state index in [2.05, 4.69) is 5.32 Å². The molecule has 0 spiro atoms. The van der Waals surface area contributed by atoms with Crippen molar-refractivity contribution in [2.45, 2.75) is 44.5 Å². The van der Waals surface area contributed by atoms with Crippen LogP contribution >= 0.6 is 0 Å². The number of fused-ring (bicyclic) bond motifs is 1. The Morgan fingerprint density at radius 2 is 1.93 bits per heavy atom. The van der Waals surface area contributed by atoms with Gasteiger partial charge in [0.15, 0.2) is 0 Å². The molecule has 29 heavy (non-hydrogen) atoms. The van der Waals surface area contributed by atoms with Crippen molar-refractivity contribution in [1.82, 2.24) is 10.2 Å². The van der Waals surface area contributed by atoms with Crippen LogP contribution in [0.4, 0.5) is 0 Å². The third kappa shape index (κ3) is 3.82. The average Bonchev–Trinajstić information content (AvgIpc) is 3.04. The van der Waals surface area contributed by atoms with Gasteiger partial charge in [-0.3, -0.25) is 14.9 Å². The molecule has 2 aliphatic heterocycles. The van der Waals surface area contributed by atoms with Crippen molar-refractivity contribution in [3.63, 3.8) is 0 Å². The number of ether oxygens (including phenoxy) is 1. The Labute approximate surface area is 167 Å². The first-order valence-corrected chi connectivity index (χ1v) is 9.50. The highest BCUT2D eigenvalue weighted by atomic mass is 16.5. The van der Waals surface area contributed by atoms with E-state index in [1.54, 1.807) is 41.3 Å². The van der Waals surface area contributed by atoms with E-state index in [4.69, 9.17) is 10.5 Å². The number of carbonyl (C=O) groups excluding carboxylic acids is 2. The molecule has 2 heterocycles. The van der Waals surface area contributed by atoms with E-state index < -0.39 is 24.4 Å². The monoisotopic (exact) mass is 397 g/mol. The maximum Gasteiger partial charge on any atom is 0.255 e. The SMILES string of the molecule is NC(=O)c1ccc(COc2cccc3c2CN(C2CCC(O)NC2O)C3=O)cc1. The Balaban J connectivity index is 1.49. The summed E-state index contributed by atoms with van der Waals surface area (Å²) >= 11 is 0. The molecule has 8 nitrogen and oxygen atoms in total. The lowest BCUT2D eigenvalue weighted by atomic mass is 10.0. The van der Waals surface area contributed by atoms with Gasteiger partial charge in [0.05, 0.1) is 12.6 Å². The van der Waals surface area contributed by atoms with Crippen LogP contribution in [0.3, 0.4) is 0 Å². The second-order valence-electron chi connectivity index (χ2n) is 7.34. The van der Waals surface area contributed by atoms with E-state index >= 15 is 0 Å². The topological polar surface area (TPSA) is 125 Å². The number of aliphatic hydroxyl groups excluding tert-OH is 2. The number of nitrogens with zero attached hydrogens (tertiary/aromatic N) is 1. The fraction of sp³-hybridized carbons (Fsp3) is 0.333. The third-order valence-electron chi connectivity index (χ3n) is 5.45. The zero-order valence-electron chi connectivity index (χ0n) is 15.7. The molecular formula is C21H23N3O5. The van der Waals surface area contributed by atoms with Crippen molar-refractivity contribution in [2.75, 3.05) is 0 Å². The minimum absolute atomic E-state index is 0.154. The first-order chi connectivity index (χ1) is 13.9. The number of hydrogen-bond donors (Lipinski definition) is 4. The summed E-state index contributed by atoms with van der Waals surface area (Å²) in [5.74, 6) is -0.0296. The molecule has 152 valence electrons. The van der Waals surface area contributed by atoms with Crippen LogP contribution in [0.5, 0.6) is 5.75 Å². The standard InChI is InChI=1S/C21H23N3O5/c22-19(26)13-6-4-12(5-7-13)11-29-17-3-1-2-14-15(17)10-24(21(14)28)16-8-9-18(25)23-20(16)27/h1-7,16,18,20,23,25,27H,8-11H2,(H2,22,26). The Kier molecular flexibility index (Phi) is 5.23. The summed E-state index contributed by atoms with van der Waals surface area (Å²) in [4.78, 5) is 25.7. The molecule has 2 aromatic rings. The zero-order valence-corrected chi connectivity index (χ0v) is 15.7. The van der Waals surface area contributed by atoms with Gasteiger partial charge in [-0.2, -0.15) is 0 Å². The number of piperidine rings is 1. The molecule has 0 radical (unpaired) electrons. The Bertz CT molecular complexity index is 930. The van der Waals surface area contributed by atoms with Gasteiger partial charge in [0.1, 0.15) is 24.8 Å². The molecule has 2 aliphatic rings. The first kappa shape index (κ1) is 19.4. The highest BCUT2D eigenvalue weighted by Crippen LogP contribution is 2.34. The number of nitrogens with two attached hydrogens (primary N) is 1. The van der Waals surface area contributed by atoms with Gasteiger partial charge >= 0.3 is 0 Å². The Hall–Kier alpha value is -2.94. The molecule has 1 saturated heterocycles. The second kappa shape index (κ2) is 7.82. The molecule has 5 N–H and O–H groups in total. The largest absolute Gasteiger partial charge is 0.489 e. The van der Waals surface area contributed by atoms with E-state index in [0.29, 0.717) is 36.3 Å². The number of carbonyl (C=O) groups is 2. The van der Waals surface area contributed by atoms with Crippen LogP contribution in [0.15, 0.2) is 42.5 Å². The smallest absolute Gasteiger partial charge is 0.255 e. The summed E-state index contributed by atoms with van der Waals surface area (Å²) in [6, 6.07) is 11.8. The quantitative estimate of drug-likeness (QED) is 0.589. The Morgan fingerprint density at radius 3 is 2.62 bits per heavy atom. The molecule has 3 atom stereocenters. The lowest BCUT2D eigenvalue weighted by molar-refractivity contribution is -0.0478.